The van der Waals surface area contributed by atoms with Crippen LogP contribution in [0.3, 0.4) is 0 Å². The van der Waals surface area contributed by atoms with E-state index in [1.807, 2.05) is 0 Å². The monoisotopic (exact) mass is 433 g/mol. The molecule has 9 heteroatoms. The van der Waals surface area contributed by atoms with E-state index in [2.05, 4.69) is 5.16 Å². The standard InChI is InChI=1S/C20H17Cl2N3O4/c1-11-14(3-2-4-16(11)23)19(24)25-29-20(26)18-8-6-13(28-18)10-27-17-7-5-12(21)9-15(17)22/h2-9H,10,23H2,1H3,(H2,24,25). The predicted octanol–water partition coefficient (Wildman–Crippen LogP) is 4.53. The van der Waals surface area contributed by atoms with Crippen LogP contribution in [0.15, 0.2) is 58.1 Å². The third kappa shape index (κ3) is 5.01. The summed E-state index contributed by atoms with van der Waals surface area (Å²) in [7, 11) is 0. The van der Waals surface area contributed by atoms with Crippen molar-refractivity contribution in [1.82, 2.24) is 0 Å². The molecule has 0 aliphatic rings. The largest absolute Gasteiger partial charge is 0.484 e. The third-order valence-corrected chi connectivity index (χ3v) is 4.54. The van der Waals surface area contributed by atoms with Gasteiger partial charge in [-0.3, -0.25) is 0 Å². The molecule has 3 rings (SSSR count). The number of anilines is 1. The van der Waals surface area contributed by atoms with E-state index in [0.717, 1.165) is 5.56 Å². The van der Waals surface area contributed by atoms with E-state index in [1.54, 1.807) is 49.4 Å². The van der Waals surface area contributed by atoms with E-state index in [-0.39, 0.29) is 18.2 Å². The molecule has 0 spiro atoms. The number of nitrogens with zero attached hydrogens (tertiary/aromatic N) is 1. The van der Waals surface area contributed by atoms with Crippen LogP contribution in [0.5, 0.6) is 5.75 Å². The van der Waals surface area contributed by atoms with E-state index in [1.165, 1.54) is 6.07 Å². The summed E-state index contributed by atoms with van der Waals surface area (Å²) in [6.45, 7) is 1.85. The molecule has 0 unspecified atom stereocenters. The Hall–Kier alpha value is -3.16. The van der Waals surface area contributed by atoms with E-state index in [4.69, 9.17) is 48.7 Å². The van der Waals surface area contributed by atoms with Crippen LogP contribution >= 0.6 is 23.2 Å². The number of ether oxygens (including phenoxy) is 1. The summed E-state index contributed by atoms with van der Waals surface area (Å²) in [6, 6.07) is 13.1. The molecule has 0 aliphatic carbocycles. The number of rotatable bonds is 6. The quantitative estimate of drug-likeness (QED) is 0.194. The Kier molecular flexibility index (Phi) is 6.31. The van der Waals surface area contributed by atoms with Gasteiger partial charge in [-0.05, 0) is 48.9 Å². The molecule has 150 valence electrons. The highest BCUT2D eigenvalue weighted by atomic mass is 35.5. The summed E-state index contributed by atoms with van der Waals surface area (Å²) in [5.41, 5.74) is 13.6. The number of benzene rings is 2. The minimum Gasteiger partial charge on any atom is -0.484 e. The van der Waals surface area contributed by atoms with Crippen LogP contribution < -0.4 is 16.2 Å². The molecule has 0 bridgehead atoms. The number of amidine groups is 1. The van der Waals surface area contributed by atoms with Gasteiger partial charge < -0.3 is 25.5 Å². The number of oxime groups is 1. The second-order valence-corrected chi connectivity index (χ2v) is 6.85. The summed E-state index contributed by atoms with van der Waals surface area (Å²) in [5, 5.41) is 4.53. The van der Waals surface area contributed by atoms with Gasteiger partial charge >= 0.3 is 5.97 Å². The Balaban J connectivity index is 1.62. The maximum atomic E-state index is 12.1. The molecule has 1 aromatic heterocycles. The molecular formula is C20H17Cl2N3O4. The van der Waals surface area contributed by atoms with Crippen molar-refractivity contribution in [2.45, 2.75) is 13.5 Å². The Morgan fingerprint density at radius 3 is 2.72 bits per heavy atom. The molecule has 29 heavy (non-hydrogen) atoms. The minimum atomic E-state index is -0.801. The summed E-state index contributed by atoms with van der Waals surface area (Å²) in [5.74, 6) is 0.00522. The van der Waals surface area contributed by atoms with Gasteiger partial charge in [-0.1, -0.05) is 40.5 Å². The average molecular weight is 434 g/mol. The van der Waals surface area contributed by atoms with Crippen LogP contribution in [0.25, 0.3) is 0 Å². The van der Waals surface area contributed by atoms with Gasteiger partial charge in [0.25, 0.3) is 0 Å². The highest BCUT2D eigenvalue weighted by Crippen LogP contribution is 2.28. The number of nitrogens with two attached hydrogens (primary N) is 2. The fraction of sp³-hybridized carbons (Fsp3) is 0.100. The van der Waals surface area contributed by atoms with Crippen molar-refractivity contribution in [3.05, 3.63) is 81.2 Å². The number of hydrogen-bond acceptors (Lipinski definition) is 6. The van der Waals surface area contributed by atoms with Crippen molar-refractivity contribution in [1.29, 1.82) is 0 Å². The molecule has 0 aliphatic heterocycles. The lowest BCUT2D eigenvalue weighted by atomic mass is 10.1. The molecule has 3 aromatic rings. The van der Waals surface area contributed by atoms with Gasteiger partial charge in [0, 0.05) is 16.3 Å². The smallest absolute Gasteiger partial charge is 0.400 e. The molecule has 1 heterocycles. The summed E-state index contributed by atoms with van der Waals surface area (Å²) >= 11 is 11.9. The van der Waals surface area contributed by atoms with Gasteiger partial charge in [-0.15, -0.1) is 0 Å². The highest BCUT2D eigenvalue weighted by molar-refractivity contribution is 6.35. The highest BCUT2D eigenvalue weighted by Gasteiger charge is 2.15. The molecule has 2 aromatic carbocycles. The SMILES string of the molecule is Cc1c(N)cccc1/C(N)=N/OC(=O)c1ccc(COc2ccc(Cl)cc2Cl)o1. The molecule has 0 radical (unpaired) electrons. The normalized spacial score (nSPS) is 11.3. The average Bonchev–Trinajstić information content (AvgIpc) is 3.16. The number of carbonyl (C=O) groups is 1. The molecule has 0 fully saturated rings. The van der Waals surface area contributed by atoms with Crippen LogP contribution in [0.1, 0.15) is 27.4 Å². The lowest BCUT2D eigenvalue weighted by Gasteiger charge is -2.07. The van der Waals surface area contributed by atoms with Crippen LogP contribution in [-0.2, 0) is 11.4 Å². The Bertz CT molecular complexity index is 1080. The van der Waals surface area contributed by atoms with E-state index in [0.29, 0.717) is 32.8 Å². The first kappa shape index (κ1) is 20.6. The molecule has 4 N–H and O–H groups in total. The first-order chi connectivity index (χ1) is 13.8. The van der Waals surface area contributed by atoms with Gasteiger partial charge in [-0.2, -0.15) is 0 Å². The van der Waals surface area contributed by atoms with Gasteiger partial charge in [0.2, 0.25) is 5.76 Å². The van der Waals surface area contributed by atoms with E-state index < -0.39 is 5.97 Å². The first-order valence-electron chi connectivity index (χ1n) is 8.42. The Labute approximate surface area is 176 Å². The summed E-state index contributed by atoms with van der Waals surface area (Å²) in [4.78, 5) is 17.0. The predicted molar refractivity (Wildman–Crippen MR) is 111 cm³/mol. The lowest BCUT2D eigenvalue weighted by molar-refractivity contribution is 0.0475. The maximum absolute atomic E-state index is 12.1. The topological polar surface area (TPSA) is 113 Å². The van der Waals surface area contributed by atoms with Gasteiger partial charge in [0.1, 0.15) is 18.1 Å². The first-order valence-corrected chi connectivity index (χ1v) is 9.17. The zero-order valence-corrected chi connectivity index (χ0v) is 16.8. The number of carbonyl (C=O) groups excluding carboxylic acids is 1. The molecule has 0 amide bonds. The van der Waals surface area contributed by atoms with Gasteiger partial charge in [-0.25, -0.2) is 4.79 Å². The van der Waals surface area contributed by atoms with Crippen molar-refractivity contribution in [3.8, 4) is 5.75 Å². The van der Waals surface area contributed by atoms with Gasteiger partial charge in [0.05, 0.1) is 5.02 Å². The van der Waals surface area contributed by atoms with Crippen LogP contribution in [0, 0.1) is 6.92 Å². The molecule has 0 atom stereocenters. The van der Waals surface area contributed by atoms with Crippen molar-refractivity contribution < 1.29 is 18.8 Å². The minimum absolute atomic E-state index is 0.0237. The van der Waals surface area contributed by atoms with Crippen molar-refractivity contribution in [2.24, 2.45) is 10.9 Å². The Morgan fingerprint density at radius 1 is 1.17 bits per heavy atom. The molecule has 0 saturated carbocycles. The fourth-order valence-corrected chi connectivity index (χ4v) is 2.89. The molecule has 0 saturated heterocycles. The zero-order chi connectivity index (χ0) is 21.0. The van der Waals surface area contributed by atoms with Crippen molar-refractivity contribution in [2.75, 3.05) is 5.73 Å². The molecule has 7 nitrogen and oxygen atoms in total. The Morgan fingerprint density at radius 2 is 1.97 bits per heavy atom. The van der Waals surface area contributed by atoms with Crippen molar-refractivity contribution >= 4 is 40.7 Å². The molecular weight excluding hydrogens is 417 g/mol. The summed E-state index contributed by atoms with van der Waals surface area (Å²) < 4.78 is 11.0. The second-order valence-electron chi connectivity index (χ2n) is 6.00. The van der Waals surface area contributed by atoms with Crippen molar-refractivity contribution in [3.63, 3.8) is 0 Å². The van der Waals surface area contributed by atoms with Crippen LogP contribution in [0.2, 0.25) is 10.0 Å². The second kappa shape index (κ2) is 8.89. The maximum Gasteiger partial charge on any atom is 0.400 e. The number of halogens is 2. The number of hydrogen-bond donors (Lipinski definition) is 2. The van der Waals surface area contributed by atoms with E-state index >= 15 is 0 Å². The van der Waals surface area contributed by atoms with Crippen LogP contribution in [-0.4, -0.2) is 11.8 Å². The van der Waals surface area contributed by atoms with E-state index in [9.17, 15) is 4.79 Å². The van der Waals surface area contributed by atoms with Crippen LogP contribution in [0.4, 0.5) is 5.69 Å². The third-order valence-electron chi connectivity index (χ3n) is 4.01. The number of nitrogen functional groups attached to an aromatic ring is 1. The lowest BCUT2D eigenvalue weighted by Crippen LogP contribution is -2.17. The summed E-state index contributed by atoms with van der Waals surface area (Å²) in [6.07, 6.45) is 0. The number of furan rings is 1. The van der Waals surface area contributed by atoms with Gasteiger partial charge in [0.15, 0.2) is 5.84 Å². The fourth-order valence-electron chi connectivity index (χ4n) is 2.42. The zero-order valence-electron chi connectivity index (χ0n) is 15.3.